The summed E-state index contributed by atoms with van der Waals surface area (Å²) >= 11 is 0. The van der Waals surface area contributed by atoms with E-state index in [1.807, 2.05) is 12.1 Å². The average molecular weight is 301 g/mol. The Labute approximate surface area is 133 Å². The lowest BCUT2D eigenvalue weighted by molar-refractivity contribution is 0.0261. The Bertz CT molecular complexity index is 518. The monoisotopic (exact) mass is 301 g/mol. The van der Waals surface area contributed by atoms with Crippen LogP contribution in [0.2, 0.25) is 0 Å². The number of aryl methyl sites for hydroxylation is 1. The Balaban J connectivity index is 1.69. The van der Waals surface area contributed by atoms with E-state index in [0.717, 1.165) is 50.3 Å². The largest absolute Gasteiger partial charge is 0.338 e. The van der Waals surface area contributed by atoms with Gasteiger partial charge < -0.3 is 9.80 Å². The van der Waals surface area contributed by atoms with Crippen LogP contribution in [0.15, 0.2) is 18.3 Å². The van der Waals surface area contributed by atoms with Gasteiger partial charge in [-0.3, -0.25) is 9.78 Å². The van der Waals surface area contributed by atoms with Crippen LogP contribution in [0, 0.1) is 5.41 Å². The summed E-state index contributed by atoms with van der Waals surface area (Å²) in [4.78, 5) is 21.6. The van der Waals surface area contributed by atoms with Crippen molar-refractivity contribution >= 4 is 5.91 Å². The summed E-state index contributed by atoms with van der Waals surface area (Å²) < 4.78 is 0. The number of hydrogen-bond donors (Lipinski definition) is 0. The van der Waals surface area contributed by atoms with Crippen molar-refractivity contribution in [2.75, 3.05) is 33.2 Å². The lowest BCUT2D eigenvalue weighted by Crippen LogP contribution is -2.50. The second-order valence-corrected chi connectivity index (χ2v) is 7.03. The van der Waals surface area contributed by atoms with Crippen LogP contribution in [0.25, 0.3) is 0 Å². The number of carbonyl (C=O) groups is 1. The van der Waals surface area contributed by atoms with Crippen molar-refractivity contribution in [3.05, 3.63) is 29.6 Å². The molecule has 3 rings (SSSR count). The first-order chi connectivity index (χ1) is 10.6. The molecule has 2 fully saturated rings. The van der Waals surface area contributed by atoms with Crippen molar-refractivity contribution < 1.29 is 4.79 Å². The van der Waals surface area contributed by atoms with Crippen LogP contribution < -0.4 is 0 Å². The number of piperidine rings is 2. The van der Waals surface area contributed by atoms with Crippen LogP contribution in [-0.4, -0.2) is 53.9 Å². The maximum Gasteiger partial charge on any atom is 0.255 e. The van der Waals surface area contributed by atoms with Gasteiger partial charge in [-0.25, -0.2) is 0 Å². The fourth-order valence-corrected chi connectivity index (χ4v) is 3.82. The molecule has 0 atom stereocenters. The molecule has 22 heavy (non-hydrogen) atoms. The van der Waals surface area contributed by atoms with Crippen LogP contribution in [-0.2, 0) is 6.42 Å². The predicted molar refractivity (Wildman–Crippen MR) is 87.9 cm³/mol. The van der Waals surface area contributed by atoms with Crippen LogP contribution in [0.3, 0.4) is 0 Å². The zero-order valence-corrected chi connectivity index (χ0v) is 13.8. The van der Waals surface area contributed by atoms with E-state index in [0.29, 0.717) is 5.41 Å². The van der Waals surface area contributed by atoms with Crippen LogP contribution in [0.5, 0.6) is 0 Å². The molecule has 0 saturated carbocycles. The minimum Gasteiger partial charge on any atom is -0.338 e. The van der Waals surface area contributed by atoms with E-state index in [1.165, 1.54) is 19.3 Å². The molecule has 120 valence electrons. The van der Waals surface area contributed by atoms with Gasteiger partial charge in [0.15, 0.2) is 0 Å². The van der Waals surface area contributed by atoms with E-state index >= 15 is 0 Å². The molecule has 0 radical (unpaired) electrons. The number of hydrogen-bond acceptors (Lipinski definition) is 3. The fraction of sp³-hybridized carbons (Fsp3) is 0.667. The molecule has 0 unspecified atom stereocenters. The minimum absolute atomic E-state index is 0.160. The first kappa shape index (κ1) is 15.5. The summed E-state index contributed by atoms with van der Waals surface area (Å²) in [7, 11) is 2.19. The second-order valence-electron chi connectivity index (χ2n) is 7.03. The van der Waals surface area contributed by atoms with Crippen LogP contribution in [0.4, 0.5) is 0 Å². The Morgan fingerprint density at radius 1 is 1.23 bits per heavy atom. The minimum atomic E-state index is 0.160. The Morgan fingerprint density at radius 2 is 2.00 bits per heavy atom. The highest BCUT2D eigenvalue weighted by atomic mass is 16.2. The highest BCUT2D eigenvalue weighted by Crippen LogP contribution is 2.39. The van der Waals surface area contributed by atoms with Crippen LogP contribution >= 0.6 is 0 Å². The average Bonchev–Trinajstić information content (AvgIpc) is 2.57. The lowest BCUT2D eigenvalue weighted by Gasteiger charge is -2.47. The highest BCUT2D eigenvalue weighted by molar-refractivity contribution is 5.94. The summed E-state index contributed by atoms with van der Waals surface area (Å²) in [5.41, 5.74) is 2.14. The van der Waals surface area contributed by atoms with E-state index in [9.17, 15) is 4.79 Å². The molecule has 1 amide bonds. The molecule has 1 aromatic rings. The fourth-order valence-electron chi connectivity index (χ4n) is 3.82. The maximum absolute atomic E-state index is 12.8. The Hall–Kier alpha value is -1.42. The Kier molecular flexibility index (Phi) is 4.48. The van der Waals surface area contributed by atoms with Gasteiger partial charge in [0, 0.05) is 25.0 Å². The number of pyridine rings is 1. The number of aromatic nitrogens is 1. The maximum atomic E-state index is 12.8. The number of carbonyl (C=O) groups excluding carboxylic acids is 1. The van der Waals surface area contributed by atoms with Gasteiger partial charge in [0.1, 0.15) is 0 Å². The molecule has 0 N–H and O–H groups in total. The third-order valence-electron chi connectivity index (χ3n) is 5.43. The molecule has 2 saturated heterocycles. The number of amides is 1. The van der Waals surface area contributed by atoms with Crippen molar-refractivity contribution in [3.63, 3.8) is 0 Å². The number of rotatable bonds is 2. The third-order valence-corrected chi connectivity index (χ3v) is 5.43. The van der Waals surface area contributed by atoms with Crippen molar-refractivity contribution in [1.29, 1.82) is 0 Å². The number of nitrogens with zero attached hydrogens (tertiary/aromatic N) is 3. The summed E-state index contributed by atoms with van der Waals surface area (Å²) in [5, 5.41) is 0. The second kappa shape index (κ2) is 6.37. The zero-order valence-electron chi connectivity index (χ0n) is 13.8. The SMILES string of the molecule is CCc1ccc(C(=O)N2CCCC3(CCN(C)CC3)C2)cn1. The molecule has 3 heterocycles. The normalized spacial score (nSPS) is 22.0. The van der Waals surface area contributed by atoms with Gasteiger partial charge in [0.2, 0.25) is 0 Å². The van der Waals surface area contributed by atoms with Gasteiger partial charge in [0.25, 0.3) is 5.91 Å². The molecule has 0 aliphatic carbocycles. The van der Waals surface area contributed by atoms with Gasteiger partial charge in [-0.05, 0) is 69.8 Å². The quantitative estimate of drug-likeness (QED) is 0.842. The third kappa shape index (κ3) is 3.17. The molecule has 2 aliphatic heterocycles. The smallest absolute Gasteiger partial charge is 0.255 e. The summed E-state index contributed by atoms with van der Waals surface area (Å²) in [5.74, 6) is 0.160. The van der Waals surface area contributed by atoms with E-state index in [-0.39, 0.29) is 5.91 Å². The van der Waals surface area contributed by atoms with Gasteiger partial charge in [-0.2, -0.15) is 0 Å². The predicted octanol–water partition coefficient (Wildman–Crippen LogP) is 2.59. The summed E-state index contributed by atoms with van der Waals surface area (Å²) in [6, 6.07) is 3.91. The van der Waals surface area contributed by atoms with Gasteiger partial charge >= 0.3 is 0 Å². The lowest BCUT2D eigenvalue weighted by atomic mass is 9.72. The Morgan fingerprint density at radius 3 is 2.64 bits per heavy atom. The standard InChI is InChI=1S/C18H27N3O/c1-3-16-6-5-15(13-19-16)17(22)21-10-4-7-18(14-21)8-11-20(2)12-9-18/h5-6,13H,3-4,7-12,14H2,1-2H3. The molecular weight excluding hydrogens is 274 g/mol. The molecule has 0 bridgehead atoms. The first-order valence-corrected chi connectivity index (χ1v) is 8.55. The molecular formula is C18H27N3O. The van der Waals surface area contributed by atoms with Gasteiger partial charge in [-0.1, -0.05) is 6.92 Å². The summed E-state index contributed by atoms with van der Waals surface area (Å²) in [6.07, 6.45) is 7.51. The van der Waals surface area contributed by atoms with Crippen molar-refractivity contribution in [2.24, 2.45) is 5.41 Å². The summed E-state index contributed by atoms with van der Waals surface area (Å²) in [6.45, 7) is 6.23. The highest BCUT2D eigenvalue weighted by Gasteiger charge is 2.39. The van der Waals surface area contributed by atoms with Crippen molar-refractivity contribution in [2.45, 2.75) is 39.0 Å². The van der Waals surface area contributed by atoms with E-state index in [2.05, 4.69) is 28.8 Å². The zero-order chi connectivity index (χ0) is 15.6. The molecule has 4 heteroatoms. The topological polar surface area (TPSA) is 36.4 Å². The van der Waals surface area contributed by atoms with Gasteiger partial charge in [-0.15, -0.1) is 0 Å². The van der Waals surface area contributed by atoms with E-state index < -0.39 is 0 Å². The van der Waals surface area contributed by atoms with Crippen molar-refractivity contribution in [1.82, 2.24) is 14.8 Å². The first-order valence-electron chi connectivity index (χ1n) is 8.55. The van der Waals surface area contributed by atoms with E-state index in [4.69, 9.17) is 0 Å². The van der Waals surface area contributed by atoms with Gasteiger partial charge in [0.05, 0.1) is 5.56 Å². The molecule has 1 spiro atoms. The van der Waals surface area contributed by atoms with Crippen LogP contribution in [0.1, 0.15) is 48.7 Å². The van der Waals surface area contributed by atoms with Crippen molar-refractivity contribution in [3.8, 4) is 0 Å². The molecule has 4 nitrogen and oxygen atoms in total. The molecule has 0 aromatic carbocycles. The molecule has 1 aromatic heterocycles. The van der Waals surface area contributed by atoms with E-state index in [1.54, 1.807) is 6.20 Å². The molecule has 2 aliphatic rings. The number of likely N-dealkylation sites (tertiary alicyclic amines) is 2.